The van der Waals surface area contributed by atoms with Crippen molar-refractivity contribution in [1.29, 1.82) is 0 Å². The SMILES string of the molecule is NCc1cn2c(n1)sc1cc(Br)ccc12. The van der Waals surface area contributed by atoms with Gasteiger partial charge in [-0.15, -0.1) is 0 Å². The first-order valence-corrected chi connectivity index (χ1v) is 6.15. The van der Waals surface area contributed by atoms with Crippen molar-refractivity contribution in [2.45, 2.75) is 6.54 Å². The largest absolute Gasteiger partial charge is 0.325 e. The highest BCUT2D eigenvalue weighted by atomic mass is 79.9. The second kappa shape index (κ2) is 3.30. The van der Waals surface area contributed by atoms with Crippen molar-refractivity contribution < 1.29 is 0 Å². The molecule has 0 aliphatic rings. The van der Waals surface area contributed by atoms with E-state index in [9.17, 15) is 0 Å². The van der Waals surface area contributed by atoms with Gasteiger partial charge in [0, 0.05) is 17.2 Å². The predicted octanol–water partition coefficient (Wildman–Crippen LogP) is 2.77. The van der Waals surface area contributed by atoms with E-state index in [1.54, 1.807) is 11.3 Å². The van der Waals surface area contributed by atoms with Crippen LogP contribution in [0.25, 0.3) is 15.2 Å². The van der Waals surface area contributed by atoms with Gasteiger partial charge in [-0.3, -0.25) is 4.40 Å². The van der Waals surface area contributed by atoms with Crippen molar-refractivity contribution in [1.82, 2.24) is 9.38 Å². The summed E-state index contributed by atoms with van der Waals surface area (Å²) in [7, 11) is 0. The monoisotopic (exact) mass is 281 g/mol. The predicted molar refractivity (Wildman–Crippen MR) is 66.2 cm³/mol. The molecule has 2 heterocycles. The molecule has 3 rings (SSSR count). The van der Waals surface area contributed by atoms with Crippen LogP contribution in [0, 0.1) is 0 Å². The molecular weight excluding hydrogens is 274 g/mol. The zero-order valence-electron chi connectivity index (χ0n) is 7.77. The number of nitrogens with two attached hydrogens (primary N) is 1. The molecule has 1 aromatic carbocycles. The van der Waals surface area contributed by atoms with Crippen LogP contribution in [0.1, 0.15) is 5.69 Å². The average molecular weight is 282 g/mol. The Morgan fingerprint density at radius 1 is 1.47 bits per heavy atom. The van der Waals surface area contributed by atoms with Gasteiger partial charge in [0.25, 0.3) is 0 Å². The van der Waals surface area contributed by atoms with Crippen molar-refractivity contribution in [3.05, 3.63) is 34.6 Å². The standard InChI is InChI=1S/C10H8BrN3S/c11-6-1-2-8-9(3-6)15-10-13-7(4-12)5-14(8)10/h1-3,5H,4,12H2. The zero-order valence-corrected chi connectivity index (χ0v) is 10.2. The summed E-state index contributed by atoms with van der Waals surface area (Å²) in [6, 6.07) is 6.23. The van der Waals surface area contributed by atoms with Gasteiger partial charge >= 0.3 is 0 Å². The van der Waals surface area contributed by atoms with Crippen LogP contribution in [0.15, 0.2) is 28.9 Å². The summed E-state index contributed by atoms with van der Waals surface area (Å²) in [6.07, 6.45) is 2.00. The molecule has 0 saturated heterocycles. The highest BCUT2D eigenvalue weighted by molar-refractivity contribution is 9.10. The quantitative estimate of drug-likeness (QED) is 0.745. The third-order valence-electron chi connectivity index (χ3n) is 2.32. The van der Waals surface area contributed by atoms with E-state index < -0.39 is 0 Å². The van der Waals surface area contributed by atoms with E-state index in [-0.39, 0.29) is 0 Å². The molecule has 0 saturated carbocycles. The van der Waals surface area contributed by atoms with E-state index in [0.29, 0.717) is 6.54 Å². The Balaban J connectivity index is 2.40. The van der Waals surface area contributed by atoms with Crippen LogP contribution in [0.4, 0.5) is 0 Å². The van der Waals surface area contributed by atoms with Gasteiger partial charge in [-0.2, -0.15) is 0 Å². The Labute approximate surface area is 98.7 Å². The fourth-order valence-electron chi connectivity index (χ4n) is 1.62. The second-order valence-corrected chi connectivity index (χ2v) is 5.23. The lowest BCUT2D eigenvalue weighted by atomic mass is 10.3. The number of nitrogens with zero attached hydrogens (tertiary/aromatic N) is 2. The molecule has 2 aromatic heterocycles. The van der Waals surface area contributed by atoms with Crippen LogP contribution in [-0.4, -0.2) is 9.38 Å². The van der Waals surface area contributed by atoms with E-state index in [1.165, 1.54) is 10.2 Å². The van der Waals surface area contributed by atoms with Gasteiger partial charge in [-0.05, 0) is 18.2 Å². The van der Waals surface area contributed by atoms with Crippen molar-refractivity contribution >= 4 is 42.4 Å². The molecule has 3 nitrogen and oxygen atoms in total. The number of hydrogen-bond acceptors (Lipinski definition) is 3. The fourth-order valence-corrected chi connectivity index (χ4v) is 3.20. The Morgan fingerprint density at radius 3 is 3.13 bits per heavy atom. The molecule has 0 aliphatic heterocycles. The number of fused-ring (bicyclic) bond motifs is 3. The lowest BCUT2D eigenvalue weighted by Crippen LogP contribution is -1.95. The summed E-state index contributed by atoms with van der Waals surface area (Å²) in [5.41, 5.74) is 7.68. The first-order valence-electron chi connectivity index (χ1n) is 4.54. The molecule has 0 bridgehead atoms. The lowest BCUT2D eigenvalue weighted by Gasteiger charge is -1.91. The zero-order chi connectivity index (χ0) is 10.4. The number of aromatic nitrogens is 2. The minimum absolute atomic E-state index is 0.492. The third kappa shape index (κ3) is 1.39. The second-order valence-electron chi connectivity index (χ2n) is 3.30. The molecule has 0 spiro atoms. The summed E-state index contributed by atoms with van der Waals surface area (Å²) in [5.74, 6) is 0. The molecular formula is C10H8BrN3S. The van der Waals surface area contributed by atoms with Crippen LogP contribution < -0.4 is 5.73 Å². The molecule has 15 heavy (non-hydrogen) atoms. The summed E-state index contributed by atoms with van der Waals surface area (Å²) < 4.78 is 4.42. The van der Waals surface area contributed by atoms with Crippen LogP contribution in [0.5, 0.6) is 0 Å². The van der Waals surface area contributed by atoms with E-state index in [2.05, 4.69) is 37.4 Å². The molecule has 5 heteroatoms. The van der Waals surface area contributed by atoms with Gasteiger partial charge in [0.1, 0.15) is 0 Å². The average Bonchev–Trinajstić information content (AvgIpc) is 2.73. The fraction of sp³-hybridized carbons (Fsp3) is 0.100. The van der Waals surface area contributed by atoms with Gasteiger partial charge in [-0.25, -0.2) is 4.98 Å². The number of imidazole rings is 1. The van der Waals surface area contributed by atoms with Crippen molar-refractivity contribution in [3.63, 3.8) is 0 Å². The molecule has 0 atom stereocenters. The minimum Gasteiger partial charge on any atom is -0.325 e. The van der Waals surface area contributed by atoms with E-state index in [1.807, 2.05) is 12.3 Å². The Hall–Kier alpha value is -0.910. The molecule has 3 aromatic rings. The van der Waals surface area contributed by atoms with Gasteiger partial charge in [0.05, 0.1) is 15.9 Å². The summed E-state index contributed by atoms with van der Waals surface area (Å²) in [5, 5.41) is 0. The molecule has 76 valence electrons. The van der Waals surface area contributed by atoms with Gasteiger partial charge < -0.3 is 5.73 Å². The molecule has 0 radical (unpaired) electrons. The van der Waals surface area contributed by atoms with Gasteiger partial charge in [0.2, 0.25) is 0 Å². The lowest BCUT2D eigenvalue weighted by molar-refractivity contribution is 1.02. The normalized spacial score (nSPS) is 11.6. The van der Waals surface area contributed by atoms with Crippen LogP contribution in [-0.2, 0) is 6.54 Å². The Kier molecular flexibility index (Phi) is 2.05. The van der Waals surface area contributed by atoms with Crippen molar-refractivity contribution in [3.8, 4) is 0 Å². The summed E-state index contributed by atoms with van der Waals surface area (Å²) >= 11 is 5.14. The molecule has 0 fully saturated rings. The third-order valence-corrected chi connectivity index (χ3v) is 3.83. The smallest absolute Gasteiger partial charge is 0.194 e. The number of benzene rings is 1. The summed E-state index contributed by atoms with van der Waals surface area (Å²) in [6.45, 7) is 0.492. The molecule has 2 N–H and O–H groups in total. The maximum absolute atomic E-state index is 5.56. The van der Waals surface area contributed by atoms with E-state index in [0.717, 1.165) is 15.1 Å². The topological polar surface area (TPSA) is 43.3 Å². The van der Waals surface area contributed by atoms with Crippen molar-refractivity contribution in [2.75, 3.05) is 0 Å². The maximum Gasteiger partial charge on any atom is 0.194 e. The summed E-state index contributed by atoms with van der Waals surface area (Å²) in [4.78, 5) is 5.44. The highest BCUT2D eigenvalue weighted by Crippen LogP contribution is 2.28. The van der Waals surface area contributed by atoms with Crippen molar-refractivity contribution in [2.24, 2.45) is 5.73 Å². The number of hydrogen-bond donors (Lipinski definition) is 1. The van der Waals surface area contributed by atoms with Crippen LogP contribution in [0.3, 0.4) is 0 Å². The van der Waals surface area contributed by atoms with Gasteiger partial charge in [-0.1, -0.05) is 27.3 Å². The first kappa shape index (κ1) is 9.33. The minimum atomic E-state index is 0.492. The number of halogens is 1. The Bertz CT molecular complexity index is 640. The number of rotatable bonds is 1. The van der Waals surface area contributed by atoms with E-state index in [4.69, 9.17) is 5.73 Å². The van der Waals surface area contributed by atoms with Crippen LogP contribution >= 0.6 is 27.3 Å². The van der Waals surface area contributed by atoms with E-state index >= 15 is 0 Å². The molecule has 0 amide bonds. The highest BCUT2D eigenvalue weighted by Gasteiger charge is 2.07. The van der Waals surface area contributed by atoms with Gasteiger partial charge in [0.15, 0.2) is 4.96 Å². The first-order chi connectivity index (χ1) is 7.28. The Morgan fingerprint density at radius 2 is 2.33 bits per heavy atom. The molecule has 0 aliphatic carbocycles. The maximum atomic E-state index is 5.56. The molecule has 0 unspecified atom stereocenters. The number of thiazole rings is 1. The van der Waals surface area contributed by atoms with Crippen LogP contribution in [0.2, 0.25) is 0 Å².